The third-order valence-electron chi connectivity index (χ3n) is 3.78. The standard InChI is InChI=1S/C14H19N3O2S/c1-2-17-14-8-12(6-5-11(14)9-15-17)16-13-4-3-7-20(18,19)10-13/h5-6,8-9,13,16H,2-4,7,10H2,1H3. The number of rotatable bonds is 3. The van der Waals surface area contributed by atoms with Crippen LogP contribution in [0.1, 0.15) is 19.8 Å². The Morgan fingerprint density at radius 1 is 1.45 bits per heavy atom. The molecule has 1 N–H and O–H groups in total. The first-order valence-electron chi connectivity index (χ1n) is 7.00. The van der Waals surface area contributed by atoms with Crippen molar-refractivity contribution in [2.45, 2.75) is 32.4 Å². The van der Waals surface area contributed by atoms with Gasteiger partial charge < -0.3 is 5.32 Å². The van der Waals surface area contributed by atoms with E-state index in [9.17, 15) is 8.42 Å². The molecule has 0 bridgehead atoms. The van der Waals surface area contributed by atoms with E-state index < -0.39 is 9.84 Å². The van der Waals surface area contributed by atoms with Gasteiger partial charge in [0.05, 0.1) is 23.2 Å². The summed E-state index contributed by atoms with van der Waals surface area (Å²) in [5, 5.41) is 8.77. The van der Waals surface area contributed by atoms with Gasteiger partial charge in [-0.25, -0.2) is 8.42 Å². The zero-order valence-electron chi connectivity index (χ0n) is 11.5. The molecule has 0 aliphatic carbocycles. The Balaban J connectivity index is 1.83. The van der Waals surface area contributed by atoms with Crippen molar-refractivity contribution in [1.82, 2.24) is 9.78 Å². The molecule has 1 aromatic heterocycles. The largest absolute Gasteiger partial charge is 0.381 e. The Morgan fingerprint density at radius 3 is 3.05 bits per heavy atom. The Bertz CT molecular complexity index is 721. The molecule has 2 heterocycles. The second-order valence-corrected chi connectivity index (χ2v) is 7.56. The van der Waals surface area contributed by atoms with Crippen molar-refractivity contribution in [3.63, 3.8) is 0 Å². The Labute approximate surface area is 118 Å². The summed E-state index contributed by atoms with van der Waals surface area (Å²) >= 11 is 0. The zero-order chi connectivity index (χ0) is 14.2. The molecule has 1 fully saturated rings. The molecule has 1 atom stereocenters. The van der Waals surface area contributed by atoms with Gasteiger partial charge in [0.1, 0.15) is 0 Å². The zero-order valence-corrected chi connectivity index (χ0v) is 12.4. The van der Waals surface area contributed by atoms with Crippen molar-refractivity contribution < 1.29 is 8.42 Å². The molecule has 2 aromatic rings. The van der Waals surface area contributed by atoms with Crippen molar-refractivity contribution in [3.05, 3.63) is 24.4 Å². The molecule has 0 spiro atoms. The number of aryl methyl sites for hydroxylation is 1. The van der Waals surface area contributed by atoms with Crippen molar-refractivity contribution in [2.75, 3.05) is 16.8 Å². The maximum Gasteiger partial charge on any atom is 0.152 e. The fraction of sp³-hybridized carbons (Fsp3) is 0.500. The first-order chi connectivity index (χ1) is 9.57. The highest BCUT2D eigenvalue weighted by atomic mass is 32.2. The molecule has 20 heavy (non-hydrogen) atoms. The lowest BCUT2D eigenvalue weighted by atomic mass is 10.1. The summed E-state index contributed by atoms with van der Waals surface area (Å²) in [7, 11) is -2.88. The maximum atomic E-state index is 11.7. The number of sulfone groups is 1. The second-order valence-electron chi connectivity index (χ2n) is 5.33. The van der Waals surface area contributed by atoms with Crippen LogP contribution in [0.15, 0.2) is 24.4 Å². The number of hydrogen-bond donors (Lipinski definition) is 1. The Morgan fingerprint density at radius 2 is 2.30 bits per heavy atom. The van der Waals surface area contributed by atoms with Gasteiger partial charge in [0.2, 0.25) is 0 Å². The van der Waals surface area contributed by atoms with E-state index in [1.165, 1.54) is 0 Å². The van der Waals surface area contributed by atoms with Gasteiger partial charge >= 0.3 is 0 Å². The second kappa shape index (κ2) is 5.09. The quantitative estimate of drug-likeness (QED) is 0.940. The minimum Gasteiger partial charge on any atom is -0.381 e. The Kier molecular flexibility index (Phi) is 3.41. The molecule has 108 valence electrons. The van der Waals surface area contributed by atoms with Gasteiger partial charge in [0.15, 0.2) is 9.84 Å². The summed E-state index contributed by atoms with van der Waals surface area (Å²) in [6, 6.07) is 6.08. The molecule has 0 amide bonds. The van der Waals surface area contributed by atoms with Crippen LogP contribution in [0.4, 0.5) is 5.69 Å². The van der Waals surface area contributed by atoms with Gasteiger partial charge in [0, 0.05) is 23.7 Å². The minimum atomic E-state index is -2.88. The van der Waals surface area contributed by atoms with E-state index >= 15 is 0 Å². The third kappa shape index (κ3) is 2.65. The highest BCUT2D eigenvalue weighted by molar-refractivity contribution is 7.91. The van der Waals surface area contributed by atoms with Gasteiger partial charge in [-0.05, 0) is 38.0 Å². The van der Waals surface area contributed by atoms with Crippen LogP contribution in [0.5, 0.6) is 0 Å². The summed E-state index contributed by atoms with van der Waals surface area (Å²) in [5.41, 5.74) is 2.05. The van der Waals surface area contributed by atoms with Crippen LogP contribution >= 0.6 is 0 Å². The number of aromatic nitrogens is 2. The van der Waals surface area contributed by atoms with E-state index in [4.69, 9.17) is 0 Å². The first-order valence-corrected chi connectivity index (χ1v) is 8.82. The molecule has 1 aliphatic heterocycles. The fourth-order valence-electron chi connectivity index (χ4n) is 2.78. The molecule has 1 aliphatic rings. The van der Waals surface area contributed by atoms with Crippen LogP contribution in [0.2, 0.25) is 0 Å². The van der Waals surface area contributed by atoms with Crippen LogP contribution in [-0.4, -0.2) is 35.7 Å². The van der Waals surface area contributed by atoms with Crippen LogP contribution in [-0.2, 0) is 16.4 Å². The fourth-order valence-corrected chi connectivity index (χ4v) is 4.42. The predicted molar refractivity (Wildman–Crippen MR) is 80.7 cm³/mol. The summed E-state index contributed by atoms with van der Waals surface area (Å²) in [5.74, 6) is 0.560. The van der Waals surface area contributed by atoms with Gasteiger partial charge in [-0.15, -0.1) is 0 Å². The van der Waals surface area contributed by atoms with Crippen LogP contribution in [0, 0.1) is 0 Å². The van der Waals surface area contributed by atoms with Gasteiger partial charge in [-0.2, -0.15) is 5.10 Å². The third-order valence-corrected chi connectivity index (χ3v) is 5.60. The molecule has 0 radical (unpaired) electrons. The molecule has 0 saturated carbocycles. The smallest absolute Gasteiger partial charge is 0.152 e. The lowest BCUT2D eigenvalue weighted by Gasteiger charge is -2.24. The number of anilines is 1. The van der Waals surface area contributed by atoms with E-state index in [0.29, 0.717) is 5.75 Å². The average Bonchev–Trinajstić information content (AvgIpc) is 2.80. The molecular formula is C14H19N3O2S. The van der Waals surface area contributed by atoms with E-state index in [2.05, 4.69) is 17.3 Å². The number of benzene rings is 1. The lowest BCUT2D eigenvalue weighted by Crippen LogP contribution is -2.34. The molecule has 5 nitrogen and oxygen atoms in total. The highest BCUT2D eigenvalue weighted by Gasteiger charge is 2.24. The van der Waals surface area contributed by atoms with Gasteiger partial charge in [0.25, 0.3) is 0 Å². The Hall–Kier alpha value is -1.56. The summed E-state index contributed by atoms with van der Waals surface area (Å²) in [6.45, 7) is 2.88. The van der Waals surface area contributed by atoms with Crippen molar-refractivity contribution in [1.29, 1.82) is 0 Å². The van der Waals surface area contributed by atoms with E-state index in [1.807, 2.05) is 29.1 Å². The molecule has 1 aromatic carbocycles. The van der Waals surface area contributed by atoms with Crippen molar-refractivity contribution in [3.8, 4) is 0 Å². The molecule has 6 heteroatoms. The van der Waals surface area contributed by atoms with Crippen molar-refractivity contribution >= 4 is 26.4 Å². The van der Waals surface area contributed by atoms with Crippen LogP contribution in [0.3, 0.4) is 0 Å². The van der Waals surface area contributed by atoms with Gasteiger partial charge in [-0.3, -0.25) is 4.68 Å². The van der Waals surface area contributed by atoms with Gasteiger partial charge in [-0.1, -0.05) is 0 Å². The summed E-state index contributed by atoms with van der Waals surface area (Å²) < 4.78 is 25.3. The van der Waals surface area contributed by atoms with E-state index in [0.717, 1.165) is 36.0 Å². The number of fused-ring (bicyclic) bond motifs is 1. The minimum absolute atomic E-state index is 0.0178. The summed E-state index contributed by atoms with van der Waals surface area (Å²) in [6.07, 6.45) is 3.51. The van der Waals surface area contributed by atoms with E-state index in [-0.39, 0.29) is 11.8 Å². The molecule has 1 unspecified atom stereocenters. The molecule has 3 rings (SSSR count). The maximum absolute atomic E-state index is 11.7. The molecule has 1 saturated heterocycles. The van der Waals surface area contributed by atoms with Crippen LogP contribution in [0.25, 0.3) is 10.9 Å². The SMILES string of the molecule is CCn1ncc2ccc(NC3CCCS(=O)(=O)C3)cc21. The lowest BCUT2D eigenvalue weighted by molar-refractivity contribution is 0.562. The normalized spacial score (nSPS) is 21.9. The van der Waals surface area contributed by atoms with Crippen LogP contribution < -0.4 is 5.32 Å². The predicted octanol–water partition coefficient (Wildman–Crippen LogP) is 2.05. The monoisotopic (exact) mass is 293 g/mol. The molecular weight excluding hydrogens is 274 g/mol. The number of nitrogens with zero attached hydrogens (tertiary/aromatic N) is 2. The number of hydrogen-bond acceptors (Lipinski definition) is 4. The van der Waals surface area contributed by atoms with E-state index in [1.54, 1.807) is 0 Å². The average molecular weight is 293 g/mol. The first kappa shape index (κ1) is 13.4. The highest BCUT2D eigenvalue weighted by Crippen LogP contribution is 2.22. The topological polar surface area (TPSA) is 64.0 Å². The summed E-state index contributed by atoms with van der Waals surface area (Å²) in [4.78, 5) is 0. The number of nitrogens with one attached hydrogen (secondary N) is 1. The van der Waals surface area contributed by atoms with Crippen molar-refractivity contribution in [2.24, 2.45) is 0 Å².